The van der Waals surface area contributed by atoms with Gasteiger partial charge in [0.1, 0.15) is 6.61 Å². The van der Waals surface area contributed by atoms with E-state index in [0.717, 1.165) is 5.56 Å². The molecular formula is C24H36N4O8. The number of nitrogens with zero attached hydrogens (tertiary/aromatic N) is 4. The minimum Gasteiger partial charge on any atom is -0.468 e. The molecule has 200 valence electrons. The predicted octanol–water partition coefficient (Wildman–Crippen LogP) is 0.657. The summed E-state index contributed by atoms with van der Waals surface area (Å²) in [5.41, 5.74) is 0.885. The molecule has 1 aliphatic rings. The Morgan fingerprint density at radius 2 is 1.08 bits per heavy atom. The van der Waals surface area contributed by atoms with E-state index in [2.05, 4.69) is 0 Å². The molecule has 1 fully saturated rings. The molecule has 2 amide bonds. The van der Waals surface area contributed by atoms with Crippen molar-refractivity contribution in [2.24, 2.45) is 0 Å². The molecule has 0 saturated carbocycles. The van der Waals surface area contributed by atoms with Crippen LogP contribution in [0.1, 0.15) is 5.56 Å². The van der Waals surface area contributed by atoms with Crippen molar-refractivity contribution in [2.45, 2.75) is 6.61 Å². The fourth-order valence-electron chi connectivity index (χ4n) is 3.65. The predicted molar refractivity (Wildman–Crippen MR) is 129 cm³/mol. The van der Waals surface area contributed by atoms with Crippen molar-refractivity contribution >= 4 is 24.1 Å². The van der Waals surface area contributed by atoms with Crippen LogP contribution in [0.25, 0.3) is 0 Å². The van der Waals surface area contributed by atoms with E-state index < -0.39 is 24.1 Å². The molecule has 1 aliphatic heterocycles. The molecule has 0 radical (unpaired) electrons. The molecule has 0 bridgehead atoms. The normalized spacial score (nSPS) is 16.3. The number of hydrogen-bond acceptors (Lipinski definition) is 10. The summed E-state index contributed by atoms with van der Waals surface area (Å²) in [6.07, 6.45) is -1.06. The standard InChI is InChI=1S/C24H36N4O8/c1-33-21(29)17-25-9-10-26(18-22(30)36-19-20-7-5-4-6-8-20)12-14-28(24(32)35-3)16-15-27(13-11-25)23(31)34-2/h4-8H,9-19H2,1-3H3. The summed E-state index contributed by atoms with van der Waals surface area (Å²) in [4.78, 5) is 55.8. The van der Waals surface area contributed by atoms with Crippen LogP contribution in [-0.2, 0) is 35.1 Å². The maximum atomic E-state index is 12.6. The minimum atomic E-state index is -0.532. The third kappa shape index (κ3) is 10.1. The van der Waals surface area contributed by atoms with E-state index in [1.807, 2.05) is 40.1 Å². The number of carbonyl (C=O) groups is 4. The molecule has 0 aliphatic carbocycles. The van der Waals surface area contributed by atoms with E-state index in [1.165, 1.54) is 31.1 Å². The number of hydrogen-bond donors (Lipinski definition) is 0. The van der Waals surface area contributed by atoms with Gasteiger partial charge in [0.2, 0.25) is 0 Å². The van der Waals surface area contributed by atoms with Gasteiger partial charge in [-0.05, 0) is 5.56 Å². The molecule has 1 aromatic rings. The Hall–Kier alpha value is -3.38. The zero-order valence-corrected chi connectivity index (χ0v) is 21.2. The Labute approximate surface area is 211 Å². The average Bonchev–Trinajstić information content (AvgIpc) is 2.90. The van der Waals surface area contributed by atoms with Crippen molar-refractivity contribution < 1.29 is 38.1 Å². The maximum absolute atomic E-state index is 12.6. The summed E-state index contributed by atoms with van der Waals surface area (Å²) in [5.74, 6) is -0.802. The molecule has 0 unspecified atom stereocenters. The van der Waals surface area contributed by atoms with Crippen molar-refractivity contribution in [3.63, 3.8) is 0 Å². The zero-order valence-electron chi connectivity index (χ0n) is 21.2. The highest BCUT2D eigenvalue weighted by Gasteiger charge is 2.24. The lowest BCUT2D eigenvalue weighted by atomic mass is 10.2. The van der Waals surface area contributed by atoms with Crippen LogP contribution in [0.5, 0.6) is 0 Å². The van der Waals surface area contributed by atoms with Crippen LogP contribution >= 0.6 is 0 Å². The smallest absolute Gasteiger partial charge is 0.409 e. The van der Waals surface area contributed by atoms with Crippen molar-refractivity contribution in [3.05, 3.63) is 35.9 Å². The fourth-order valence-corrected chi connectivity index (χ4v) is 3.65. The number of methoxy groups -OCH3 is 3. The van der Waals surface area contributed by atoms with Crippen LogP contribution in [0.2, 0.25) is 0 Å². The lowest BCUT2D eigenvalue weighted by Crippen LogP contribution is -2.50. The quantitative estimate of drug-likeness (QED) is 0.400. The first-order chi connectivity index (χ1) is 17.4. The van der Waals surface area contributed by atoms with Gasteiger partial charge in [0.25, 0.3) is 0 Å². The van der Waals surface area contributed by atoms with Gasteiger partial charge in [-0.2, -0.15) is 0 Å². The first-order valence-electron chi connectivity index (χ1n) is 11.7. The molecule has 1 aromatic carbocycles. The number of ether oxygens (including phenoxy) is 4. The molecule has 12 heteroatoms. The summed E-state index contributed by atoms with van der Waals surface area (Å²) in [6, 6.07) is 9.38. The molecule has 2 rings (SSSR count). The van der Waals surface area contributed by atoms with Crippen molar-refractivity contribution in [1.29, 1.82) is 0 Å². The Balaban J connectivity index is 2.11. The summed E-state index contributed by atoms with van der Waals surface area (Å²) in [5, 5.41) is 0. The fraction of sp³-hybridized carbons (Fsp3) is 0.583. The van der Waals surface area contributed by atoms with Gasteiger partial charge in [0, 0.05) is 52.4 Å². The molecule has 1 saturated heterocycles. The van der Waals surface area contributed by atoms with Crippen LogP contribution < -0.4 is 0 Å². The topological polar surface area (TPSA) is 118 Å². The Morgan fingerprint density at radius 1 is 0.639 bits per heavy atom. The number of carbonyl (C=O) groups excluding carboxylic acids is 4. The Morgan fingerprint density at radius 3 is 1.56 bits per heavy atom. The SMILES string of the molecule is COC(=O)CN1CCN(CC(=O)OCc2ccccc2)CCN(C(=O)OC)CCN(C(=O)OC)CC1. The second-order valence-corrected chi connectivity index (χ2v) is 8.19. The average molecular weight is 509 g/mol. The summed E-state index contributed by atoms with van der Waals surface area (Å²) < 4.78 is 20.0. The van der Waals surface area contributed by atoms with Gasteiger partial charge < -0.3 is 28.7 Å². The molecule has 0 N–H and O–H groups in total. The number of rotatable bonds is 6. The summed E-state index contributed by atoms with van der Waals surface area (Å²) in [6.45, 7) is 2.77. The molecular weight excluding hydrogens is 472 g/mol. The van der Waals surface area contributed by atoms with E-state index in [9.17, 15) is 19.2 Å². The highest BCUT2D eigenvalue weighted by molar-refractivity contribution is 5.72. The Kier molecular flexibility index (Phi) is 12.5. The lowest BCUT2D eigenvalue weighted by Gasteiger charge is -2.32. The first-order valence-corrected chi connectivity index (χ1v) is 11.7. The van der Waals surface area contributed by atoms with Crippen LogP contribution in [0.4, 0.5) is 9.59 Å². The van der Waals surface area contributed by atoms with Gasteiger partial charge in [-0.3, -0.25) is 19.4 Å². The second-order valence-electron chi connectivity index (χ2n) is 8.19. The van der Waals surface area contributed by atoms with Crippen molar-refractivity contribution in [2.75, 3.05) is 86.8 Å². The highest BCUT2D eigenvalue weighted by Crippen LogP contribution is 2.05. The van der Waals surface area contributed by atoms with Gasteiger partial charge in [0.15, 0.2) is 0 Å². The summed E-state index contributed by atoms with van der Waals surface area (Å²) >= 11 is 0. The van der Waals surface area contributed by atoms with Gasteiger partial charge in [-0.25, -0.2) is 9.59 Å². The largest absolute Gasteiger partial charge is 0.468 e. The van der Waals surface area contributed by atoms with Crippen molar-refractivity contribution in [3.8, 4) is 0 Å². The molecule has 0 atom stereocenters. The van der Waals surface area contributed by atoms with Gasteiger partial charge in [-0.15, -0.1) is 0 Å². The first kappa shape index (κ1) is 28.9. The van der Waals surface area contributed by atoms with E-state index >= 15 is 0 Å². The van der Waals surface area contributed by atoms with E-state index in [1.54, 1.807) is 0 Å². The van der Waals surface area contributed by atoms with E-state index in [4.69, 9.17) is 18.9 Å². The highest BCUT2D eigenvalue weighted by atomic mass is 16.5. The van der Waals surface area contributed by atoms with Crippen molar-refractivity contribution in [1.82, 2.24) is 19.6 Å². The summed E-state index contributed by atoms with van der Waals surface area (Å²) in [7, 11) is 3.90. The monoisotopic (exact) mass is 508 g/mol. The second kappa shape index (κ2) is 15.6. The maximum Gasteiger partial charge on any atom is 0.409 e. The number of amides is 2. The van der Waals surface area contributed by atoms with Crippen LogP contribution in [0, 0.1) is 0 Å². The van der Waals surface area contributed by atoms with Gasteiger partial charge in [0.05, 0.1) is 34.4 Å². The minimum absolute atomic E-state index is 0.0161. The van der Waals surface area contributed by atoms with E-state index in [0.29, 0.717) is 26.2 Å². The molecule has 0 spiro atoms. The van der Waals surface area contributed by atoms with Crippen LogP contribution in [-0.4, -0.2) is 131 Å². The molecule has 1 heterocycles. The van der Waals surface area contributed by atoms with Gasteiger partial charge in [-0.1, -0.05) is 30.3 Å². The Bertz CT molecular complexity index is 854. The van der Waals surface area contributed by atoms with Gasteiger partial charge >= 0.3 is 24.1 Å². The van der Waals surface area contributed by atoms with E-state index in [-0.39, 0.29) is 45.9 Å². The number of benzene rings is 1. The molecule has 12 nitrogen and oxygen atoms in total. The lowest BCUT2D eigenvalue weighted by molar-refractivity contribution is -0.147. The van der Waals surface area contributed by atoms with Crippen LogP contribution in [0.3, 0.4) is 0 Å². The number of esters is 2. The third-order valence-electron chi connectivity index (χ3n) is 5.79. The molecule has 0 aromatic heterocycles. The third-order valence-corrected chi connectivity index (χ3v) is 5.79. The van der Waals surface area contributed by atoms with Crippen LogP contribution in [0.15, 0.2) is 30.3 Å². The molecule has 36 heavy (non-hydrogen) atoms. The zero-order chi connectivity index (χ0) is 26.3.